The summed E-state index contributed by atoms with van der Waals surface area (Å²) in [7, 11) is 0. The lowest BCUT2D eigenvalue weighted by Gasteiger charge is -2.34. The van der Waals surface area contributed by atoms with Gasteiger partial charge in [0, 0.05) is 26.2 Å². The van der Waals surface area contributed by atoms with Gasteiger partial charge in [0.15, 0.2) is 5.13 Å². The first kappa shape index (κ1) is 16.5. The Balaban J connectivity index is 1.48. The molecule has 0 bridgehead atoms. The molecule has 0 saturated carbocycles. The Bertz CT molecular complexity index is 938. The second-order valence-corrected chi connectivity index (χ2v) is 8.56. The van der Waals surface area contributed by atoms with Crippen LogP contribution in [0, 0.1) is 20.8 Å². The van der Waals surface area contributed by atoms with Gasteiger partial charge < -0.3 is 9.80 Å². The Hall–Kier alpha value is -1.99. The number of aromatic nitrogens is 2. The molecule has 1 amide bonds. The number of hydrogen-bond donors (Lipinski definition) is 0. The Morgan fingerprint density at radius 2 is 1.80 bits per heavy atom. The second kappa shape index (κ2) is 6.38. The summed E-state index contributed by atoms with van der Waals surface area (Å²) >= 11 is 3.22. The maximum Gasteiger partial charge on any atom is 0.265 e. The summed E-state index contributed by atoms with van der Waals surface area (Å²) in [5, 5.41) is 2.01. The van der Waals surface area contributed by atoms with Crippen molar-refractivity contribution < 1.29 is 4.79 Å². The van der Waals surface area contributed by atoms with Gasteiger partial charge in [-0.1, -0.05) is 23.5 Å². The van der Waals surface area contributed by atoms with Gasteiger partial charge in [0.2, 0.25) is 0 Å². The average Bonchev–Trinajstić information content (AvgIpc) is 3.18. The van der Waals surface area contributed by atoms with Crippen molar-refractivity contribution >= 4 is 43.9 Å². The van der Waals surface area contributed by atoms with E-state index in [4.69, 9.17) is 4.98 Å². The van der Waals surface area contributed by atoms with Gasteiger partial charge in [0.05, 0.1) is 20.9 Å². The molecule has 1 aliphatic heterocycles. The maximum atomic E-state index is 12.7. The van der Waals surface area contributed by atoms with Crippen LogP contribution in [0.15, 0.2) is 18.2 Å². The third kappa shape index (κ3) is 3.02. The highest BCUT2D eigenvalue weighted by Gasteiger charge is 2.26. The number of fused-ring (bicyclic) bond motifs is 1. The minimum atomic E-state index is 0.114. The summed E-state index contributed by atoms with van der Waals surface area (Å²) in [4.78, 5) is 26.9. The number of carbonyl (C=O) groups is 1. The molecule has 130 valence electrons. The first-order valence-corrected chi connectivity index (χ1v) is 10.0. The number of thiazole rings is 2. The highest BCUT2D eigenvalue weighted by atomic mass is 32.1. The molecule has 5 nitrogen and oxygen atoms in total. The van der Waals surface area contributed by atoms with E-state index in [-0.39, 0.29) is 5.91 Å². The standard InChI is InChI=1S/C18H20N4OS2/c1-11-5-4-6-14-15(11)20-18(25-14)22-9-7-21(8-10-22)17(23)16-12(2)19-13(3)24-16/h4-6H,7-10H2,1-3H3. The average molecular weight is 373 g/mol. The molecule has 0 radical (unpaired) electrons. The number of para-hydroxylation sites is 1. The highest BCUT2D eigenvalue weighted by molar-refractivity contribution is 7.22. The Kier molecular flexibility index (Phi) is 4.21. The van der Waals surface area contributed by atoms with E-state index in [2.05, 4.69) is 35.0 Å². The summed E-state index contributed by atoms with van der Waals surface area (Å²) in [6.45, 7) is 9.05. The Morgan fingerprint density at radius 3 is 2.44 bits per heavy atom. The van der Waals surface area contributed by atoms with Crippen LogP contribution in [0.1, 0.15) is 25.9 Å². The smallest absolute Gasteiger partial charge is 0.265 e. The number of benzene rings is 1. The van der Waals surface area contributed by atoms with Crippen molar-refractivity contribution in [3.8, 4) is 0 Å². The van der Waals surface area contributed by atoms with Crippen molar-refractivity contribution in [2.75, 3.05) is 31.1 Å². The molecule has 3 aromatic rings. The van der Waals surface area contributed by atoms with Crippen LogP contribution in [-0.2, 0) is 0 Å². The van der Waals surface area contributed by atoms with Crippen LogP contribution in [0.4, 0.5) is 5.13 Å². The van der Waals surface area contributed by atoms with Crippen molar-refractivity contribution in [3.05, 3.63) is 39.3 Å². The molecule has 0 N–H and O–H groups in total. The van der Waals surface area contributed by atoms with Crippen molar-refractivity contribution in [2.24, 2.45) is 0 Å². The van der Waals surface area contributed by atoms with E-state index < -0.39 is 0 Å². The van der Waals surface area contributed by atoms with Gasteiger partial charge in [0.25, 0.3) is 5.91 Å². The molecule has 1 aromatic carbocycles. The quantitative estimate of drug-likeness (QED) is 0.689. The predicted molar refractivity (Wildman–Crippen MR) is 104 cm³/mol. The molecule has 1 saturated heterocycles. The first-order valence-electron chi connectivity index (χ1n) is 8.37. The SMILES string of the molecule is Cc1nc(C)c(C(=O)N2CCN(c3nc4c(C)cccc4s3)CC2)s1. The lowest BCUT2D eigenvalue weighted by molar-refractivity contribution is 0.0750. The summed E-state index contributed by atoms with van der Waals surface area (Å²) in [5.41, 5.74) is 3.15. The van der Waals surface area contributed by atoms with E-state index in [0.29, 0.717) is 0 Å². The van der Waals surface area contributed by atoms with Crippen molar-refractivity contribution in [1.29, 1.82) is 0 Å². The minimum absolute atomic E-state index is 0.114. The van der Waals surface area contributed by atoms with Gasteiger partial charge in [-0.2, -0.15) is 0 Å². The van der Waals surface area contributed by atoms with Crippen molar-refractivity contribution in [2.45, 2.75) is 20.8 Å². The van der Waals surface area contributed by atoms with Gasteiger partial charge in [-0.25, -0.2) is 9.97 Å². The van der Waals surface area contributed by atoms with E-state index in [1.807, 2.05) is 18.7 Å². The van der Waals surface area contributed by atoms with E-state index >= 15 is 0 Å². The van der Waals surface area contributed by atoms with Gasteiger partial charge in [-0.15, -0.1) is 11.3 Å². The number of carbonyl (C=O) groups excluding carboxylic acids is 1. The van der Waals surface area contributed by atoms with Gasteiger partial charge in [-0.3, -0.25) is 4.79 Å². The third-order valence-corrected chi connectivity index (χ3v) is 6.69. The van der Waals surface area contributed by atoms with E-state index in [1.165, 1.54) is 21.6 Å². The number of amides is 1. The zero-order valence-electron chi connectivity index (χ0n) is 14.6. The third-order valence-electron chi connectivity index (χ3n) is 4.54. The van der Waals surface area contributed by atoms with E-state index in [9.17, 15) is 4.79 Å². The molecule has 1 fully saturated rings. The molecule has 3 heterocycles. The topological polar surface area (TPSA) is 49.3 Å². The summed E-state index contributed by atoms with van der Waals surface area (Å²) < 4.78 is 1.23. The number of rotatable bonds is 2. The largest absolute Gasteiger partial charge is 0.345 e. The fourth-order valence-electron chi connectivity index (χ4n) is 3.18. The predicted octanol–water partition coefficient (Wildman–Crippen LogP) is 3.64. The van der Waals surface area contributed by atoms with Crippen molar-refractivity contribution in [3.63, 3.8) is 0 Å². The lowest BCUT2D eigenvalue weighted by Crippen LogP contribution is -2.48. The van der Waals surface area contributed by atoms with Crippen LogP contribution in [0.2, 0.25) is 0 Å². The lowest BCUT2D eigenvalue weighted by atomic mass is 10.2. The number of nitrogens with zero attached hydrogens (tertiary/aromatic N) is 4. The first-order chi connectivity index (χ1) is 12.0. The Labute approximate surface area is 154 Å². The summed E-state index contributed by atoms with van der Waals surface area (Å²) in [5.74, 6) is 0.114. The molecule has 0 spiro atoms. The van der Waals surface area contributed by atoms with Gasteiger partial charge >= 0.3 is 0 Å². The van der Waals surface area contributed by atoms with Crippen LogP contribution in [0.5, 0.6) is 0 Å². The molecule has 25 heavy (non-hydrogen) atoms. The molecule has 7 heteroatoms. The minimum Gasteiger partial charge on any atom is -0.345 e. The fraction of sp³-hybridized carbons (Fsp3) is 0.389. The van der Waals surface area contributed by atoms with Crippen LogP contribution in [0.3, 0.4) is 0 Å². The zero-order chi connectivity index (χ0) is 17.6. The van der Waals surface area contributed by atoms with E-state index in [1.54, 1.807) is 11.3 Å². The second-order valence-electron chi connectivity index (χ2n) is 6.34. The zero-order valence-corrected chi connectivity index (χ0v) is 16.2. The monoisotopic (exact) mass is 372 g/mol. The maximum absolute atomic E-state index is 12.7. The number of hydrogen-bond acceptors (Lipinski definition) is 6. The Morgan fingerprint density at radius 1 is 1.04 bits per heavy atom. The molecular weight excluding hydrogens is 352 g/mol. The molecular formula is C18H20N4OS2. The molecule has 0 atom stereocenters. The summed E-state index contributed by atoms with van der Waals surface area (Å²) in [6, 6.07) is 6.30. The number of anilines is 1. The van der Waals surface area contributed by atoms with Crippen LogP contribution >= 0.6 is 22.7 Å². The van der Waals surface area contributed by atoms with Gasteiger partial charge in [-0.05, 0) is 32.4 Å². The normalized spacial score (nSPS) is 15.2. The molecule has 0 unspecified atom stereocenters. The molecule has 1 aliphatic rings. The van der Waals surface area contributed by atoms with Crippen LogP contribution < -0.4 is 4.90 Å². The van der Waals surface area contributed by atoms with Crippen LogP contribution in [0.25, 0.3) is 10.2 Å². The molecule has 2 aromatic heterocycles. The number of aryl methyl sites for hydroxylation is 3. The highest BCUT2D eigenvalue weighted by Crippen LogP contribution is 2.31. The van der Waals surface area contributed by atoms with Gasteiger partial charge in [0.1, 0.15) is 4.88 Å². The van der Waals surface area contributed by atoms with Crippen LogP contribution in [-0.4, -0.2) is 47.0 Å². The summed E-state index contributed by atoms with van der Waals surface area (Å²) in [6.07, 6.45) is 0. The molecule has 0 aliphatic carbocycles. The van der Waals surface area contributed by atoms with Crippen molar-refractivity contribution in [1.82, 2.24) is 14.9 Å². The number of piperazine rings is 1. The van der Waals surface area contributed by atoms with E-state index in [0.717, 1.165) is 52.4 Å². The fourth-order valence-corrected chi connectivity index (χ4v) is 5.17. The molecule has 4 rings (SSSR count).